The van der Waals surface area contributed by atoms with Crippen molar-refractivity contribution >= 4 is 23.0 Å². The Labute approximate surface area is 156 Å². The zero-order valence-corrected chi connectivity index (χ0v) is 15.1. The number of benzene rings is 3. The van der Waals surface area contributed by atoms with Crippen LogP contribution in [0.25, 0.3) is 22.2 Å². The lowest BCUT2D eigenvalue weighted by Crippen LogP contribution is -2.16. The van der Waals surface area contributed by atoms with Crippen LogP contribution in [0.2, 0.25) is 0 Å². The third kappa shape index (κ3) is 2.95. The molecule has 0 saturated carbocycles. The van der Waals surface area contributed by atoms with Crippen molar-refractivity contribution < 1.29 is 4.74 Å². The first-order chi connectivity index (χ1) is 12.8. The Kier molecular flexibility index (Phi) is 4.41. The molecule has 0 radical (unpaired) electrons. The topological polar surface area (TPSA) is 54.9 Å². The second kappa shape index (κ2) is 7.01. The molecule has 1 aromatic heterocycles. The molecule has 130 valence electrons. The summed E-state index contributed by atoms with van der Waals surface area (Å²) < 4.78 is 7.75. The molecule has 6 heteroatoms. The van der Waals surface area contributed by atoms with Gasteiger partial charge in [0.05, 0.1) is 19.2 Å². The van der Waals surface area contributed by atoms with E-state index >= 15 is 0 Å². The number of methoxy groups -OCH3 is 1. The van der Waals surface area contributed by atoms with E-state index in [1.807, 2.05) is 30.3 Å². The van der Waals surface area contributed by atoms with E-state index in [4.69, 9.17) is 17.0 Å². The van der Waals surface area contributed by atoms with Gasteiger partial charge in [0, 0.05) is 0 Å². The molecule has 0 unspecified atom stereocenters. The zero-order valence-electron chi connectivity index (χ0n) is 14.3. The van der Waals surface area contributed by atoms with Crippen LogP contribution in [0.1, 0.15) is 5.56 Å². The molecule has 4 aromatic rings. The van der Waals surface area contributed by atoms with Crippen molar-refractivity contribution in [1.29, 1.82) is 0 Å². The van der Waals surface area contributed by atoms with E-state index in [1.165, 1.54) is 16.3 Å². The van der Waals surface area contributed by atoms with E-state index in [0.29, 0.717) is 17.1 Å². The normalized spacial score (nSPS) is 10.8. The Morgan fingerprint density at radius 2 is 1.81 bits per heavy atom. The van der Waals surface area contributed by atoms with Crippen LogP contribution in [0.15, 0.2) is 66.7 Å². The summed E-state index contributed by atoms with van der Waals surface area (Å²) in [5.74, 6) is 1.43. The fourth-order valence-electron chi connectivity index (χ4n) is 3.06. The number of aromatic nitrogens is 3. The molecule has 0 atom stereocenters. The van der Waals surface area contributed by atoms with E-state index in [2.05, 4.69) is 52.0 Å². The summed E-state index contributed by atoms with van der Waals surface area (Å²) in [6, 6.07) is 22.4. The molecule has 26 heavy (non-hydrogen) atoms. The second-order valence-corrected chi connectivity index (χ2v) is 6.25. The SMILES string of the molecule is COc1ccccc1-c1n[nH]c(=S)n1NCc1cccc2ccccc12. The lowest BCUT2D eigenvalue weighted by Gasteiger charge is -2.13. The van der Waals surface area contributed by atoms with Crippen molar-refractivity contribution in [3.8, 4) is 17.1 Å². The van der Waals surface area contributed by atoms with Gasteiger partial charge < -0.3 is 10.2 Å². The average Bonchev–Trinajstić information content (AvgIpc) is 3.06. The molecule has 0 fully saturated rings. The minimum absolute atomic E-state index is 0.506. The van der Waals surface area contributed by atoms with Gasteiger partial charge in [-0.25, -0.2) is 9.77 Å². The lowest BCUT2D eigenvalue weighted by atomic mass is 10.1. The molecule has 1 heterocycles. The maximum atomic E-state index is 5.46. The van der Waals surface area contributed by atoms with Gasteiger partial charge in [0.2, 0.25) is 4.77 Å². The largest absolute Gasteiger partial charge is 0.496 e. The van der Waals surface area contributed by atoms with Crippen molar-refractivity contribution in [2.75, 3.05) is 12.5 Å². The number of nitrogens with zero attached hydrogens (tertiary/aromatic N) is 2. The van der Waals surface area contributed by atoms with Gasteiger partial charge in [0.15, 0.2) is 5.82 Å². The summed E-state index contributed by atoms with van der Waals surface area (Å²) in [4.78, 5) is 0. The van der Waals surface area contributed by atoms with Gasteiger partial charge in [-0.1, -0.05) is 54.6 Å². The van der Waals surface area contributed by atoms with E-state index in [9.17, 15) is 0 Å². The molecular formula is C20H18N4OS. The Hall–Kier alpha value is -3.12. The number of para-hydroxylation sites is 1. The molecule has 0 aliphatic carbocycles. The smallest absolute Gasteiger partial charge is 0.214 e. The first-order valence-electron chi connectivity index (χ1n) is 8.29. The van der Waals surface area contributed by atoms with Crippen LogP contribution < -0.4 is 10.2 Å². The molecule has 2 N–H and O–H groups in total. The predicted octanol–water partition coefficient (Wildman–Crippen LogP) is 4.51. The highest BCUT2D eigenvalue weighted by molar-refractivity contribution is 7.71. The maximum absolute atomic E-state index is 5.46. The number of hydrogen-bond donors (Lipinski definition) is 2. The molecule has 0 amide bonds. The fraction of sp³-hybridized carbons (Fsp3) is 0.100. The summed E-state index contributed by atoms with van der Waals surface area (Å²) in [6.07, 6.45) is 0. The van der Waals surface area contributed by atoms with Gasteiger partial charge in [-0.05, 0) is 40.7 Å². The Morgan fingerprint density at radius 1 is 1.04 bits per heavy atom. The number of H-pyrrole nitrogens is 1. The fourth-order valence-corrected chi connectivity index (χ4v) is 3.26. The summed E-state index contributed by atoms with van der Waals surface area (Å²) >= 11 is 5.41. The maximum Gasteiger partial charge on any atom is 0.214 e. The van der Waals surface area contributed by atoms with E-state index in [1.54, 1.807) is 11.8 Å². The minimum atomic E-state index is 0.506. The molecule has 0 saturated heterocycles. The van der Waals surface area contributed by atoms with E-state index in [0.717, 1.165) is 11.3 Å². The van der Waals surface area contributed by atoms with Crippen LogP contribution in [0.4, 0.5) is 0 Å². The average molecular weight is 362 g/mol. The summed E-state index contributed by atoms with van der Waals surface area (Å²) in [5, 5.41) is 9.66. The first kappa shape index (κ1) is 16.4. The summed E-state index contributed by atoms with van der Waals surface area (Å²) in [7, 11) is 1.65. The van der Waals surface area contributed by atoms with Crippen LogP contribution in [0, 0.1) is 4.77 Å². The van der Waals surface area contributed by atoms with Crippen molar-refractivity contribution in [3.05, 3.63) is 77.1 Å². The number of hydrogen-bond acceptors (Lipinski definition) is 4. The van der Waals surface area contributed by atoms with Crippen LogP contribution in [0.5, 0.6) is 5.75 Å². The van der Waals surface area contributed by atoms with E-state index in [-0.39, 0.29) is 0 Å². The molecule has 5 nitrogen and oxygen atoms in total. The number of aromatic amines is 1. The van der Waals surface area contributed by atoms with Crippen molar-refractivity contribution in [1.82, 2.24) is 14.9 Å². The Balaban J connectivity index is 1.69. The number of fused-ring (bicyclic) bond motifs is 1. The van der Waals surface area contributed by atoms with Crippen LogP contribution in [0.3, 0.4) is 0 Å². The highest BCUT2D eigenvalue weighted by atomic mass is 32.1. The van der Waals surface area contributed by atoms with Gasteiger partial charge in [-0.15, -0.1) is 0 Å². The third-order valence-corrected chi connectivity index (χ3v) is 4.60. The monoisotopic (exact) mass is 362 g/mol. The van der Waals surface area contributed by atoms with Crippen molar-refractivity contribution in [3.63, 3.8) is 0 Å². The summed E-state index contributed by atoms with van der Waals surface area (Å²) in [5.41, 5.74) is 5.44. The van der Waals surface area contributed by atoms with Crippen LogP contribution >= 0.6 is 12.2 Å². The molecule has 0 bridgehead atoms. The first-order valence-corrected chi connectivity index (χ1v) is 8.70. The minimum Gasteiger partial charge on any atom is -0.496 e. The van der Waals surface area contributed by atoms with Crippen molar-refractivity contribution in [2.45, 2.75) is 6.54 Å². The van der Waals surface area contributed by atoms with Crippen LogP contribution in [-0.2, 0) is 6.54 Å². The Morgan fingerprint density at radius 3 is 2.69 bits per heavy atom. The molecule has 0 aliphatic heterocycles. The highest BCUT2D eigenvalue weighted by Gasteiger charge is 2.13. The van der Waals surface area contributed by atoms with E-state index < -0.39 is 0 Å². The van der Waals surface area contributed by atoms with Gasteiger partial charge in [-0.2, -0.15) is 5.10 Å². The van der Waals surface area contributed by atoms with Crippen LogP contribution in [-0.4, -0.2) is 22.0 Å². The van der Waals surface area contributed by atoms with Gasteiger partial charge >= 0.3 is 0 Å². The second-order valence-electron chi connectivity index (χ2n) is 5.86. The summed E-state index contributed by atoms with van der Waals surface area (Å²) in [6.45, 7) is 0.622. The zero-order chi connectivity index (χ0) is 17.9. The number of rotatable bonds is 5. The quantitative estimate of drug-likeness (QED) is 0.513. The molecule has 3 aromatic carbocycles. The molecule has 0 spiro atoms. The number of ether oxygens (including phenoxy) is 1. The van der Waals surface area contributed by atoms with Crippen molar-refractivity contribution in [2.24, 2.45) is 0 Å². The molecular weight excluding hydrogens is 344 g/mol. The Bertz CT molecular complexity index is 1110. The van der Waals surface area contributed by atoms with Gasteiger partial charge in [-0.3, -0.25) is 0 Å². The standard InChI is InChI=1S/C20H18N4OS/c1-25-18-12-5-4-11-17(18)19-22-23-20(26)24(19)21-13-15-9-6-8-14-7-2-3-10-16(14)15/h2-12,21H,13H2,1H3,(H,23,26). The number of nitrogens with one attached hydrogen (secondary N) is 2. The third-order valence-electron chi connectivity index (χ3n) is 4.33. The highest BCUT2D eigenvalue weighted by Crippen LogP contribution is 2.27. The van der Waals surface area contributed by atoms with Gasteiger partial charge in [0.25, 0.3) is 0 Å². The molecule has 0 aliphatic rings. The predicted molar refractivity (Wildman–Crippen MR) is 106 cm³/mol. The lowest BCUT2D eigenvalue weighted by molar-refractivity contribution is 0.416. The molecule has 4 rings (SSSR count). The van der Waals surface area contributed by atoms with Gasteiger partial charge in [0.1, 0.15) is 5.75 Å².